The maximum absolute atomic E-state index is 12.4. The third-order valence-corrected chi connectivity index (χ3v) is 4.52. The fourth-order valence-corrected chi connectivity index (χ4v) is 3.30. The van der Waals surface area contributed by atoms with E-state index in [2.05, 4.69) is 15.9 Å². The average Bonchev–Trinajstić information content (AvgIpc) is 3.01. The van der Waals surface area contributed by atoms with Crippen molar-refractivity contribution in [3.05, 3.63) is 39.0 Å². The van der Waals surface area contributed by atoms with Crippen LogP contribution in [-0.2, 0) is 35.1 Å². The highest BCUT2D eigenvalue weighted by Crippen LogP contribution is 2.39. The molecule has 3 rings (SSSR count). The first-order valence-electron chi connectivity index (χ1n) is 7.23. The normalized spacial score (nSPS) is 16.4. The number of carbonyl (C=O) groups excluding carboxylic acids is 3. The van der Waals surface area contributed by atoms with Gasteiger partial charge < -0.3 is 23.8 Å². The number of anilines is 1. The Morgan fingerprint density at radius 1 is 1.16 bits per heavy atom. The Morgan fingerprint density at radius 3 is 2.56 bits per heavy atom. The summed E-state index contributed by atoms with van der Waals surface area (Å²) in [5.74, 6) is -1.96. The van der Waals surface area contributed by atoms with Crippen molar-refractivity contribution in [2.45, 2.75) is 6.61 Å². The number of fused-ring (bicyclic) bond motifs is 1. The predicted molar refractivity (Wildman–Crippen MR) is 87.6 cm³/mol. The molecule has 0 aromatic heterocycles. The number of methoxy groups -OCH3 is 2. The lowest BCUT2D eigenvalue weighted by Gasteiger charge is -2.32. The van der Waals surface area contributed by atoms with Gasteiger partial charge in [0.1, 0.15) is 19.0 Å². The van der Waals surface area contributed by atoms with Gasteiger partial charge in [-0.2, -0.15) is 0 Å². The van der Waals surface area contributed by atoms with Crippen molar-refractivity contribution in [3.8, 4) is 0 Å². The second-order valence-corrected chi connectivity index (χ2v) is 6.08. The van der Waals surface area contributed by atoms with Crippen molar-refractivity contribution in [1.82, 2.24) is 0 Å². The lowest BCUT2D eigenvalue weighted by Crippen LogP contribution is -2.39. The molecule has 0 saturated carbocycles. The van der Waals surface area contributed by atoms with Gasteiger partial charge in [0.05, 0.1) is 37.7 Å². The third-order valence-electron chi connectivity index (χ3n) is 3.88. The molecule has 2 heterocycles. The topological polar surface area (TPSA) is 91.4 Å². The van der Waals surface area contributed by atoms with Gasteiger partial charge in [0.25, 0.3) is 0 Å². The van der Waals surface area contributed by atoms with Crippen molar-refractivity contribution < 1.29 is 33.3 Å². The molecule has 1 aromatic rings. The molecule has 0 N–H and O–H groups in total. The lowest BCUT2D eigenvalue weighted by atomic mass is 10.0. The van der Waals surface area contributed by atoms with E-state index in [1.165, 1.54) is 19.1 Å². The summed E-state index contributed by atoms with van der Waals surface area (Å²) in [6.07, 6.45) is 0. The Bertz CT molecular complexity index is 802. The second-order valence-electron chi connectivity index (χ2n) is 5.22. The molecule has 0 saturated heterocycles. The van der Waals surface area contributed by atoms with Gasteiger partial charge in [0, 0.05) is 10.0 Å². The van der Waals surface area contributed by atoms with Crippen LogP contribution in [0, 0.1) is 0 Å². The van der Waals surface area contributed by atoms with Crippen LogP contribution in [-0.4, -0.2) is 45.5 Å². The summed E-state index contributed by atoms with van der Waals surface area (Å²) < 4.78 is 20.6. The smallest absolute Gasteiger partial charge is 0.355 e. The number of nitrogens with zero attached hydrogens (tertiary/aromatic N) is 1. The van der Waals surface area contributed by atoms with E-state index >= 15 is 0 Å². The first kappa shape index (κ1) is 17.4. The first-order valence-corrected chi connectivity index (χ1v) is 8.02. The number of carbonyl (C=O) groups is 3. The Labute approximate surface area is 151 Å². The highest BCUT2D eigenvalue weighted by Gasteiger charge is 2.37. The van der Waals surface area contributed by atoms with Gasteiger partial charge >= 0.3 is 17.9 Å². The van der Waals surface area contributed by atoms with Gasteiger partial charge in [-0.25, -0.2) is 14.4 Å². The molecule has 25 heavy (non-hydrogen) atoms. The van der Waals surface area contributed by atoms with Crippen LogP contribution in [0.4, 0.5) is 5.69 Å². The van der Waals surface area contributed by atoms with Crippen LogP contribution in [0.5, 0.6) is 0 Å². The van der Waals surface area contributed by atoms with Gasteiger partial charge in [0.2, 0.25) is 0 Å². The Hall–Kier alpha value is -2.39. The van der Waals surface area contributed by atoms with E-state index in [0.717, 1.165) is 0 Å². The van der Waals surface area contributed by atoms with Crippen LogP contribution < -0.4 is 4.90 Å². The minimum Gasteiger partial charge on any atom is -0.466 e. The van der Waals surface area contributed by atoms with E-state index in [9.17, 15) is 14.4 Å². The monoisotopic (exact) mass is 411 g/mol. The molecule has 0 fully saturated rings. The molecule has 0 atom stereocenters. The molecule has 132 valence electrons. The summed E-state index contributed by atoms with van der Waals surface area (Å²) in [6, 6.07) is 3.48. The highest BCUT2D eigenvalue weighted by atomic mass is 79.9. The molecule has 8 nitrogen and oxygen atoms in total. The molecular formula is C16H14BrNO7. The maximum atomic E-state index is 12.4. The van der Waals surface area contributed by atoms with Crippen LogP contribution >= 0.6 is 15.9 Å². The molecule has 1 aromatic carbocycles. The third kappa shape index (κ3) is 2.89. The molecule has 9 heteroatoms. The minimum absolute atomic E-state index is 0.0106. The van der Waals surface area contributed by atoms with Crippen molar-refractivity contribution in [3.63, 3.8) is 0 Å². The number of hydrogen-bond donors (Lipinski definition) is 0. The van der Waals surface area contributed by atoms with E-state index in [0.29, 0.717) is 21.3 Å². The van der Waals surface area contributed by atoms with Gasteiger partial charge in [-0.1, -0.05) is 6.07 Å². The molecule has 0 aliphatic carbocycles. The lowest BCUT2D eigenvalue weighted by molar-refractivity contribution is -0.140. The van der Waals surface area contributed by atoms with Crippen LogP contribution in [0.15, 0.2) is 27.9 Å². The second kappa shape index (κ2) is 6.85. The van der Waals surface area contributed by atoms with Crippen molar-refractivity contribution in [2.75, 3.05) is 32.5 Å². The summed E-state index contributed by atoms with van der Waals surface area (Å²) in [5.41, 5.74) is 1.34. The molecular weight excluding hydrogens is 398 g/mol. The molecule has 2 aliphatic heterocycles. The number of rotatable bonds is 3. The molecule has 0 amide bonds. The maximum Gasteiger partial charge on any atom is 0.355 e. The fourth-order valence-electron chi connectivity index (χ4n) is 2.75. The van der Waals surface area contributed by atoms with Crippen LogP contribution in [0.25, 0.3) is 0 Å². The molecule has 0 unspecified atom stereocenters. The zero-order valence-electron chi connectivity index (χ0n) is 13.5. The van der Waals surface area contributed by atoms with Gasteiger partial charge in [0.15, 0.2) is 0 Å². The van der Waals surface area contributed by atoms with Crippen LogP contribution in [0.3, 0.4) is 0 Å². The Morgan fingerprint density at radius 2 is 1.88 bits per heavy atom. The number of cyclic esters (lactones) is 1. The summed E-state index contributed by atoms with van der Waals surface area (Å²) in [5, 5.41) is 0. The Balaban J connectivity index is 2.23. The zero-order chi connectivity index (χ0) is 18.1. The highest BCUT2D eigenvalue weighted by molar-refractivity contribution is 9.10. The summed E-state index contributed by atoms with van der Waals surface area (Å²) in [7, 11) is 2.41. The predicted octanol–water partition coefficient (Wildman–Crippen LogP) is 1.51. The number of benzene rings is 1. The molecule has 0 bridgehead atoms. The minimum atomic E-state index is -0.737. The standard InChI is InChI=1S/C16H14BrNO7/c1-22-14(19)9-6-24-7-18(12(9)16(21)23-2)13-10(17)4-3-8-5-25-15(20)11(8)13/h3-4H,5-7H2,1-2H3. The van der Waals surface area contributed by atoms with E-state index in [1.807, 2.05) is 0 Å². The SMILES string of the molecule is COC(=O)C1=C(C(=O)OC)N(c2c(Br)ccc3c2C(=O)OC3)COC1. The molecule has 2 aliphatic rings. The van der Waals surface area contributed by atoms with E-state index < -0.39 is 17.9 Å². The number of hydrogen-bond acceptors (Lipinski definition) is 8. The van der Waals surface area contributed by atoms with E-state index in [-0.39, 0.29) is 31.2 Å². The Kier molecular flexibility index (Phi) is 4.78. The number of halogens is 1. The fraction of sp³-hybridized carbons (Fsp3) is 0.312. The summed E-state index contributed by atoms with van der Waals surface area (Å²) in [4.78, 5) is 38.0. The van der Waals surface area contributed by atoms with Gasteiger partial charge in [-0.15, -0.1) is 0 Å². The van der Waals surface area contributed by atoms with Gasteiger partial charge in [-0.05, 0) is 22.0 Å². The summed E-state index contributed by atoms with van der Waals surface area (Å²) in [6.45, 7) is -0.0117. The van der Waals surface area contributed by atoms with Crippen molar-refractivity contribution in [2.24, 2.45) is 0 Å². The zero-order valence-corrected chi connectivity index (χ0v) is 15.0. The molecule has 0 radical (unpaired) electrons. The largest absolute Gasteiger partial charge is 0.466 e. The summed E-state index contributed by atoms with van der Waals surface area (Å²) >= 11 is 3.39. The number of ether oxygens (including phenoxy) is 4. The van der Waals surface area contributed by atoms with Gasteiger partial charge in [-0.3, -0.25) is 0 Å². The van der Waals surface area contributed by atoms with Crippen molar-refractivity contribution >= 4 is 39.5 Å². The van der Waals surface area contributed by atoms with E-state index in [4.69, 9.17) is 18.9 Å². The van der Waals surface area contributed by atoms with Crippen LogP contribution in [0.1, 0.15) is 15.9 Å². The van der Waals surface area contributed by atoms with Crippen LogP contribution in [0.2, 0.25) is 0 Å². The first-order chi connectivity index (χ1) is 12.0. The van der Waals surface area contributed by atoms with E-state index in [1.54, 1.807) is 12.1 Å². The average molecular weight is 412 g/mol. The van der Waals surface area contributed by atoms with Crippen molar-refractivity contribution in [1.29, 1.82) is 0 Å². The molecule has 0 spiro atoms. The quantitative estimate of drug-likeness (QED) is 0.545. The number of esters is 3.